The van der Waals surface area contributed by atoms with Crippen molar-refractivity contribution in [1.29, 1.82) is 0 Å². The summed E-state index contributed by atoms with van der Waals surface area (Å²) in [6.07, 6.45) is 3.89. The van der Waals surface area contributed by atoms with Crippen LogP contribution in [0, 0.1) is 0 Å². The van der Waals surface area contributed by atoms with Gasteiger partial charge in [-0.05, 0) is 40.9 Å². The summed E-state index contributed by atoms with van der Waals surface area (Å²) in [5, 5.41) is 2.25. The first-order chi connectivity index (χ1) is 9.15. The summed E-state index contributed by atoms with van der Waals surface area (Å²) in [5.74, 6) is 1.01. The van der Waals surface area contributed by atoms with E-state index < -0.39 is 0 Å². The number of benzene rings is 1. The van der Waals surface area contributed by atoms with Crippen molar-refractivity contribution in [2.45, 2.75) is 18.9 Å². The molecular weight excluding hydrogens is 304 g/mol. The highest BCUT2D eigenvalue weighted by atomic mass is 79.9. The van der Waals surface area contributed by atoms with Crippen LogP contribution in [0.1, 0.15) is 12.8 Å². The minimum absolute atomic E-state index is 0.322. The van der Waals surface area contributed by atoms with Gasteiger partial charge in [0, 0.05) is 46.3 Å². The van der Waals surface area contributed by atoms with E-state index in [1.165, 1.54) is 0 Å². The van der Waals surface area contributed by atoms with Crippen molar-refractivity contribution < 1.29 is 0 Å². The Morgan fingerprint density at radius 3 is 2.68 bits per heavy atom. The van der Waals surface area contributed by atoms with Crippen LogP contribution in [0.15, 0.2) is 28.9 Å². The van der Waals surface area contributed by atoms with Gasteiger partial charge in [-0.15, -0.1) is 0 Å². The van der Waals surface area contributed by atoms with Gasteiger partial charge in [0.15, 0.2) is 0 Å². The number of piperidine rings is 1. The van der Waals surface area contributed by atoms with Crippen LogP contribution < -0.4 is 16.4 Å². The maximum atomic E-state index is 5.96. The lowest BCUT2D eigenvalue weighted by Gasteiger charge is -2.32. The van der Waals surface area contributed by atoms with Crippen LogP contribution in [0.3, 0.4) is 0 Å². The maximum absolute atomic E-state index is 5.96. The summed E-state index contributed by atoms with van der Waals surface area (Å²) in [4.78, 5) is 6.88. The fourth-order valence-corrected chi connectivity index (χ4v) is 3.02. The lowest BCUT2D eigenvalue weighted by atomic mass is 10.0. The van der Waals surface area contributed by atoms with E-state index in [0.29, 0.717) is 6.04 Å². The second-order valence-electron chi connectivity index (χ2n) is 5.06. The lowest BCUT2D eigenvalue weighted by molar-refractivity contribution is 0.499. The molecule has 100 valence electrons. The number of rotatable bonds is 1. The van der Waals surface area contributed by atoms with E-state index in [9.17, 15) is 0 Å². The van der Waals surface area contributed by atoms with Gasteiger partial charge in [-0.2, -0.15) is 0 Å². The minimum Gasteiger partial charge on any atom is -0.399 e. The number of hydrogen-bond donors (Lipinski definition) is 2. The second-order valence-corrected chi connectivity index (χ2v) is 5.91. The Morgan fingerprint density at radius 2 is 1.95 bits per heavy atom. The third kappa shape index (κ3) is 2.40. The van der Waals surface area contributed by atoms with Gasteiger partial charge >= 0.3 is 0 Å². The van der Waals surface area contributed by atoms with E-state index >= 15 is 0 Å². The number of aromatic nitrogens is 1. The van der Waals surface area contributed by atoms with Gasteiger partial charge in [0.25, 0.3) is 0 Å². The summed E-state index contributed by atoms with van der Waals surface area (Å²) in [7, 11) is 0. The van der Waals surface area contributed by atoms with E-state index in [0.717, 1.165) is 52.7 Å². The van der Waals surface area contributed by atoms with Crippen LogP contribution in [-0.4, -0.2) is 24.1 Å². The van der Waals surface area contributed by atoms with Crippen LogP contribution in [-0.2, 0) is 0 Å². The minimum atomic E-state index is 0.322. The van der Waals surface area contributed by atoms with Crippen LogP contribution in [0.2, 0.25) is 0 Å². The molecule has 0 amide bonds. The van der Waals surface area contributed by atoms with Crippen LogP contribution >= 0.6 is 15.9 Å². The Hall–Kier alpha value is -1.33. The third-order valence-corrected chi connectivity index (χ3v) is 4.31. The zero-order chi connectivity index (χ0) is 13.4. The average molecular weight is 321 g/mol. The fraction of sp³-hybridized carbons (Fsp3) is 0.357. The molecule has 1 aliphatic heterocycles. The van der Waals surface area contributed by atoms with Crippen molar-refractivity contribution in [2.75, 3.05) is 23.7 Å². The SMILES string of the molecule is Nc1ccc2c(Br)cnc(N3CCC(N)CC3)c2c1. The summed E-state index contributed by atoms with van der Waals surface area (Å²) in [6, 6.07) is 6.28. The third-order valence-electron chi connectivity index (χ3n) is 3.68. The van der Waals surface area contributed by atoms with Gasteiger partial charge in [-0.3, -0.25) is 0 Å². The smallest absolute Gasteiger partial charge is 0.136 e. The molecule has 3 rings (SSSR count). The van der Waals surface area contributed by atoms with Gasteiger partial charge in [0.1, 0.15) is 5.82 Å². The lowest BCUT2D eigenvalue weighted by Crippen LogP contribution is -2.40. The predicted molar refractivity (Wildman–Crippen MR) is 83.3 cm³/mol. The molecule has 2 aromatic rings. The predicted octanol–water partition coefficient (Wildman–Crippen LogP) is 2.51. The first-order valence-electron chi connectivity index (χ1n) is 6.49. The summed E-state index contributed by atoms with van der Waals surface area (Å²) in [5.41, 5.74) is 12.6. The molecule has 1 saturated heterocycles. The number of fused-ring (bicyclic) bond motifs is 1. The molecule has 2 heterocycles. The molecule has 0 saturated carbocycles. The van der Waals surface area contributed by atoms with Crippen molar-refractivity contribution in [3.05, 3.63) is 28.9 Å². The summed E-state index contributed by atoms with van der Waals surface area (Å²) < 4.78 is 1.000. The number of nitrogens with two attached hydrogens (primary N) is 2. The highest BCUT2D eigenvalue weighted by Gasteiger charge is 2.19. The van der Waals surface area contributed by atoms with Gasteiger partial charge in [-0.1, -0.05) is 6.07 Å². The molecule has 0 atom stereocenters. The Bertz CT molecular complexity index is 606. The van der Waals surface area contributed by atoms with Gasteiger partial charge in [0.05, 0.1) is 0 Å². The zero-order valence-electron chi connectivity index (χ0n) is 10.6. The monoisotopic (exact) mass is 320 g/mol. The molecule has 1 aromatic heterocycles. The molecule has 0 unspecified atom stereocenters. The zero-order valence-corrected chi connectivity index (χ0v) is 12.2. The van der Waals surface area contributed by atoms with Crippen molar-refractivity contribution >= 4 is 38.2 Å². The normalized spacial score (nSPS) is 17.1. The summed E-state index contributed by atoms with van der Waals surface area (Å²) >= 11 is 3.55. The van der Waals surface area contributed by atoms with E-state index in [1.807, 2.05) is 24.4 Å². The van der Waals surface area contributed by atoms with Gasteiger partial charge in [0.2, 0.25) is 0 Å². The van der Waals surface area contributed by atoms with E-state index in [2.05, 4.69) is 25.8 Å². The number of nitrogen functional groups attached to an aromatic ring is 1. The topological polar surface area (TPSA) is 68.2 Å². The molecule has 1 aromatic carbocycles. The van der Waals surface area contributed by atoms with Crippen LogP contribution in [0.4, 0.5) is 11.5 Å². The fourth-order valence-electron chi connectivity index (χ4n) is 2.58. The Morgan fingerprint density at radius 1 is 1.21 bits per heavy atom. The summed E-state index contributed by atoms with van der Waals surface area (Å²) in [6.45, 7) is 1.92. The number of hydrogen-bond acceptors (Lipinski definition) is 4. The quantitative estimate of drug-likeness (QED) is 0.792. The number of pyridine rings is 1. The molecule has 1 aliphatic rings. The highest BCUT2D eigenvalue weighted by molar-refractivity contribution is 9.10. The largest absolute Gasteiger partial charge is 0.399 e. The van der Waals surface area contributed by atoms with Crippen LogP contribution in [0.25, 0.3) is 10.8 Å². The molecule has 1 fully saturated rings. The molecule has 4 nitrogen and oxygen atoms in total. The molecule has 4 N–H and O–H groups in total. The molecular formula is C14H17BrN4. The maximum Gasteiger partial charge on any atom is 0.136 e. The van der Waals surface area contributed by atoms with Crippen LogP contribution in [0.5, 0.6) is 0 Å². The number of nitrogens with zero attached hydrogens (tertiary/aromatic N) is 2. The Kier molecular flexibility index (Phi) is 3.33. The average Bonchev–Trinajstić information content (AvgIpc) is 2.40. The van der Waals surface area contributed by atoms with Crippen molar-refractivity contribution in [1.82, 2.24) is 4.98 Å². The molecule has 0 radical (unpaired) electrons. The number of anilines is 2. The van der Waals surface area contributed by atoms with Crippen molar-refractivity contribution in [3.63, 3.8) is 0 Å². The molecule has 0 aliphatic carbocycles. The van der Waals surface area contributed by atoms with E-state index in [1.54, 1.807) is 0 Å². The van der Waals surface area contributed by atoms with Gasteiger partial charge in [-0.25, -0.2) is 4.98 Å². The van der Waals surface area contributed by atoms with Crippen molar-refractivity contribution in [3.8, 4) is 0 Å². The van der Waals surface area contributed by atoms with E-state index in [-0.39, 0.29) is 0 Å². The highest BCUT2D eigenvalue weighted by Crippen LogP contribution is 2.32. The van der Waals surface area contributed by atoms with E-state index in [4.69, 9.17) is 11.5 Å². The number of halogens is 1. The van der Waals surface area contributed by atoms with Crippen molar-refractivity contribution in [2.24, 2.45) is 5.73 Å². The Labute approximate surface area is 120 Å². The first kappa shape index (κ1) is 12.7. The molecule has 0 spiro atoms. The molecule has 19 heavy (non-hydrogen) atoms. The van der Waals surface area contributed by atoms with Gasteiger partial charge < -0.3 is 16.4 Å². The molecule has 0 bridgehead atoms. The molecule has 5 heteroatoms. The second kappa shape index (κ2) is 4.98. The standard InChI is InChI=1S/C14H17BrN4/c15-13-8-18-14(19-5-3-9(16)4-6-19)12-7-10(17)1-2-11(12)13/h1-2,7-9H,3-6,16-17H2. The first-order valence-corrected chi connectivity index (χ1v) is 7.29. The Balaban J connectivity index is 2.08.